The van der Waals surface area contributed by atoms with Gasteiger partial charge in [-0.15, -0.1) is 0 Å². The molecule has 5 nitrogen and oxygen atoms in total. The Balaban J connectivity index is 1.28. The van der Waals surface area contributed by atoms with Crippen molar-refractivity contribution in [1.29, 1.82) is 0 Å². The molecule has 4 aliphatic rings. The summed E-state index contributed by atoms with van der Waals surface area (Å²) in [6.07, 6.45) is 8.14. The van der Waals surface area contributed by atoms with Crippen LogP contribution in [0, 0.1) is 24.7 Å². The van der Waals surface area contributed by atoms with E-state index in [1.165, 1.54) is 38.5 Å². The smallest absolute Gasteiger partial charge is 0.262 e. The Bertz CT molecular complexity index is 985. The van der Waals surface area contributed by atoms with Gasteiger partial charge in [-0.25, -0.2) is 0 Å². The van der Waals surface area contributed by atoms with Crippen LogP contribution in [0.15, 0.2) is 40.9 Å². The number of benzene rings is 2. The quantitative estimate of drug-likeness (QED) is 0.466. The van der Waals surface area contributed by atoms with Crippen molar-refractivity contribution in [1.82, 2.24) is 5.32 Å². The van der Waals surface area contributed by atoms with Gasteiger partial charge in [-0.1, -0.05) is 33.6 Å². The first-order valence-corrected chi connectivity index (χ1v) is 12.8. The minimum Gasteiger partial charge on any atom is -0.493 e. The zero-order chi connectivity index (χ0) is 23.0. The Morgan fingerprint density at radius 2 is 1.67 bits per heavy atom. The molecule has 2 aromatic rings. The molecule has 0 aliphatic heterocycles. The molecule has 4 fully saturated rings. The van der Waals surface area contributed by atoms with Gasteiger partial charge in [-0.3, -0.25) is 4.79 Å². The molecule has 2 N–H and O–H groups in total. The molecule has 0 atom stereocenters. The van der Waals surface area contributed by atoms with Crippen LogP contribution in [-0.4, -0.2) is 25.2 Å². The van der Waals surface area contributed by atoms with Crippen LogP contribution in [-0.2, 0) is 11.3 Å². The van der Waals surface area contributed by atoms with Gasteiger partial charge in [0.1, 0.15) is 0 Å². The molecule has 0 unspecified atom stereocenters. The fraction of sp³-hybridized carbons (Fsp3) is 0.519. The number of ether oxygens (including phenoxy) is 2. The zero-order valence-electron chi connectivity index (χ0n) is 19.5. The van der Waals surface area contributed by atoms with Crippen LogP contribution in [0.1, 0.15) is 49.7 Å². The number of anilines is 1. The average molecular weight is 513 g/mol. The van der Waals surface area contributed by atoms with Crippen LogP contribution in [0.2, 0.25) is 0 Å². The summed E-state index contributed by atoms with van der Waals surface area (Å²) >= 11 is 3.71. The first kappa shape index (κ1) is 22.7. The van der Waals surface area contributed by atoms with E-state index in [1.54, 1.807) is 7.11 Å². The lowest BCUT2D eigenvalue weighted by Gasteiger charge is -2.57. The molecule has 0 aromatic heterocycles. The van der Waals surface area contributed by atoms with Gasteiger partial charge in [0.15, 0.2) is 18.1 Å². The maximum atomic E-state index is 12.5. The number of hydrogen-bond acceptors (Lipinski definition) is 4. The molecular formula is C27H33BrN2O3. The minimum atomic E-state index is -0.194. The van der Waals surface area contributed by atoms with Gasteiger partial charge in [0.25, 0.3) is 5.91 Å². The normalized spacial score (nSPS) is 27.4. The van der Waals surface area contributed by atoms with E-state index in [-0.39, 0.29) is 18.1 Å². The summed E-state index contributed by atoms with van der Waals surface area (Å²) in [5.74, 6) is 3.74. The first-order chi connectivity index (χ1) is 15.9. The second-order valence-electron chi connectivity index (χ2n) is 10.3. The molecule has 4 aliphatic carbocycles. The number of methoxy groups -OCH3 is 1. The molecule has 4 saturated carbocycles. The summed E-state index contributed by atoms with van der Waals surface area (Å²) in [5.41, 5.74) is 3.17. The van der Waals surface area contributed by atoms with Gasteiger partial charge in [-0.2, -0.15) is 0 Å². The lowest BCUT2D eigenvalue weighted by Crippen LogP contribution is -2.58. The van der Waals surface area contributed by atoms with Gasteiger partial charge in [0.2, 0.25) is 0 Å². The molecule has 0 spiro atoms. The second-order valence-corrected chi connectivity index (χ2v) is 11.2. The van der Waals surface area contributed by atoms with Crippen molar-refractivity contribution in [3.63, 3.8) is 0 Å². The van der Waals surface area contributed by atoms with Crippen LogP contribution in [0.25, 0.3) is 0 Å². The predicted molar refractivity (Wildman–Crippen MR) is 134 cm³/mol. The SMILES string of the molecule is COc1ccc(Br)c(CNC23CC4CC(CC(C4)C2)C3)c1OCC(=O)Nc1ccc(C)cc1. The van der Waals surface area contributed by atoms with Gasteiger partial charge in [-0.05, 0) is 87.5 Å². The van der Waals surface area contributed by atoms with Crippen molar-refractivity contribution >= 4 is 27.5 Å². The molecule has 0 heterocycles. The summed E-state index contributed by atoms with van der Waals surface area (Å²) < 4.78 is 12.6. The summed E-state index contributed by atoms with van der Waals surface area (Å²) in [6, 6.07) is 11.6. The minimum absolute atomic E-state index is 0.0783. The Hall–Kier alpha value is -2.05. The van der Waals surface area contributed by atoms with E-state index in [9.17, 15) is 4.79 Å². The molecule has 33 heavy (non-hydrogen) atoms. The molecular weight excluding hydrogens is 480 g/mol. The van der Waals surface area contributed by atoms with Crippen LogP contribution < -0.4 is 20.1 Å². The van der Waals surface area contributed by atoms with E-state index in [0.717, 1.165) is 39.0 Å². The number of halogens is 1. The van der Waals surface area contributed by atoms with Crippen molar-refractivity contribution in [2.45, 2.75) is 57.5 Å². The Labute approximate surface area is 204 Å². The second kappa shape index (κ2) is 9.30. The van der Waals surface area contributed by atoms with E-state index in [1.807, 2.05) is 43.3 Å². The summed E-state index contributed by atoms with van der Waals surface area (Å²) in [6.45, 7) is 2.64. The Kier molecular flexibility index (Phi) is 6.41. The molecule has 0 radical (unpaired) electrons. The van der Waals surface area contributed by atoms with E-state index in [2.05, 4.69) is 26.6 Å². The average Bonchev–Trinajstić information content (AvgIpc) is 2.77. The highest BCUT2D eigenvalue weighted by Gasteiger charge is 2.50. The van der Waals surface area contributed by atoms with Crippen LogP contribution >= 0.6 is 15.9 Å². The first-order valence-electron chi connectivity index (χ1n) is 12.0. The number of amides is 1. The predicted octanol–water partition coefficient (Wildman–Crippen LogP) is 5.84. The fourth-order valence-electron chi connectivity index (χ4n) is 6.64. The van der Waals surface area contributed by atoms with Gasteiger partial charge in [0.05, 0.1) is 7.11 Å². The zero-order valence-corrected chi connectivity index (χ0v) is 21.0. The van der Waals surface area contributed by atoms with Crippen molar-refractivity contribution in [2.75, 3.05) is 19.0 Å². The van der Waals surface area contributed by atoms with Crippen molar-refractivity contribution in [2.24, 2.45) is 17.8 Å². The van der Waals surface area contributed by atoms with Crippen molar-refractivity contribution in [3.05, 3.63) is 52.0 Å². The molecule has 6 heteroatoms. The molecule has 0 saturated heterocycles. The summed E-state index contributed by atoms with van der Waals surface area (Å²) in [4.78, 5) is 12.5. The molecule has 6 rings (SSSR count). The Morgan fingerprint density at radius 3 is 2.27 bits per heavy atom. The highest BCUT2D eigenvalue weighted by Crippen LogP contribution is 2.55. The summed E-state index contributed by atoms with van der Waals surface area (Å²) in [7, 11) is 1.64. The van der Waals surface area contributed by atoms with Crippen molar-refractivity contribution < 1.29 is 14.3 Å². The maximum absolute atomic E-state index is 12.5. The van der Waals surface area contributed by atoms with E-state index in [4.69, 9.17) is 9.47 Å². The van der Waals surface area contributed by atoms with Gasteiger partial charge in [0, 0.05) is 27.8 Å². The fourth-order valence-corrected chi connectivity index (χ4v) is 7.09. The van der Waals surface area contributed by atoms with Crippen LogP contribution in [0.4, 0.5) is 5.69 Å². The number of aryl methyl sites for hydroxylation is 1. The van der Waals surface area contributed by atoms with Crippen molar-refractivity contribution in [3.8, 4) is 11.5 Å². The highest BCUT2D eigenvalue weighted by molar-refractivity contribution is 9.10. The van der Waals surface area contributed by atoms with E-state index in [0.29, 0.717) is 18.0 Å². The third-order valence-electron chi connectivity index (χ3n) is 7.75. The molecule has 1 amide bonds. The molecule has 2 aromatic carbocycles. The lowest BCUT2D eigenvalue weighted by atomic mass is 9.53. The monoisotopic (exact) mass is 512 g/mol. The van der Waals surface area contributed by atoms with E-state index >= 15 is 0 Å². The van der Waals surface area contributed by atoms with Crippen LogP contribution in [0.3, 0.4) is 0 Å². The maximum Gasteiger partial charge on any atom is 0.262 e. The number of carbonyl (C=O) groups excluding carboxylic acids is 1. The highest BCUT2D eigenvalue weighted by atomic mass is 79.9. The third-order valence-corrected chi connectivity index (χ3v) is 8.49. The molecule has 176 valence electrons. The number of hydrogen-bond donors (Lipinski definition) is 2. The number of carbonyl (C=O) groups is 1. The summed E-state index contributed by atoms with van der Waals surface area (Å²) in [5, 5.41) is 6.84. The largest absolute Gasteiger partial charge is 0.493 e. The topological polar surface area (TPSA) is 59.6 Å². The Morgan fingerprint density at radius 1 is 1.03 bits per heavy atom. The van der Waals surface area contributed by atoms with E-state index < -0.39 is 0 Å². The van der Waals surface area contributed by atoms with Gasteiger partial charge >= 0.3 is 0 Å². The van der Waals surface area contributed by atoms with Crippen LogP contribution in [0.5, 0.6) is 11.5 Å². The molecule has 4 bridgehead atoms. The number of rotatable bonds is 8. The van der Waals surface area contributed by atoms with Gasteiger partial charge < -0.3 is 20.1 Å². The standard InChI is InChI=1S/C27H33BrN2O3/c1-17-3-5-21(6-4-17)30-25(31)16-33-26-22(23(28)7-8-24(26)32-2)15-29-27-12-18-9-19(13-27)11-20(10-18)14-27/h3-8,18-20,29H,9-16H2,1-2H3,(H,30,31). The lowest BCUT2D eigenvalue weighted by molar-refractivity contribution is -0.118. The number of nitrogens with one attached hydrogen (secondary N) is 2. The third kappa shape index (κ3) is 4.92.